The van der Waals surface area contributed by atoms with Crippen molar-refractivity contribution in [3.05, 3.63) is 0 Å². The van der Waals surface area contributed by atoms with Crippen LogP contribution in [0, 0.1) is 34.5 Å². The maximum atomic E-state index is 14.2. The summed E-state index contributed by atoms with van der Waals surface area (Å²) in [6, 6.07) is -2.46. The van der Waals surface area contributed by atoms with Gasteiger partial charge in [0.25, 0.3) is 0 Å². The molecule has 0 spiro atoms. The van der Waals surface area contributed by atoms with E-state index in [1.54, 1.807) is 4.90 Å². The van der Waals surface area contributed by atoms with Crippen molar-refractivity contribution in [2.24, 2.45) is 34.5 Å². The smallest absolute Gasteiger partial charge is 0.246 e. The van der Waals surface area contributed by atoms with Crippen LogP contribution in [0.15, 0.2) is 0 Å². The lowest BCUT2D eigenvalue weighted by atomic mass is 9.79. The number of carbonyl (C=O) groups is 5. The van der Waals surface area contributed by atoms with E-state index in [0.717, 1.165) is 25.7 Å². The average Bonchev–Trinajstić information content (AvgIpc) is 3.12. The monoisotopic (exact) mass is 577 g/mol. The highest BCUT2D eigenvalue weighted by Crippen LogP contribution is 2.37. The van der Waals surface area contributed by atoms with Gasteiger partial charge in [-0.3, -0.25) is 24.0 Å². The van der Waals surface area contributed by atoms with Crippen LogP contribution >= 0.6 is 0 Å². The highest BCUT2D eigenvalue weighted by Gasteiger charge is 2.49. The van der Waals surface area contributed by atoms with E-state index in [9.17, 15) is 24.0 Å². The minimum absolute atomic E-state index is 0.0617. The number of likely N-dealkylation sites (tertiary alicyclic amines) is 1. The van der Waals surface area contributed by atoms with Crippen molar-refractivity contribution >= 4 is 29.3 Å². The van der Waals surface area contributed by atoms with Gasteiger partial charge in [0.1, 0.15) is 12.1 Å². The molecule has 0 aromatic carbocycles. The van der Waals surface area contributed by atoms with Gasteiger partial charge in [-0.25, -0.2) is 0 Å². The lowest BCUT2D eigenvalue weighted by Gasteiger charge is -2.37. The van der Waals surface area contributed by atoms with E-state index in [2.05, 4.69) is 31.4 Å². The first-order valence-corrected chi connectivity index (χ1v) is 15.8. The number of nitrogens with zero attached hydrogens (tertiary/aromatic N) is 1. The van der Waals surface area contributed by atoms with Crippen molar-refractivity contribution in [3.8, 4) is 0 Å². The predicted molar refractivity (Wildman–Crippen MR) is 164 cm³/mol. The molecule has 0 aromatic rings. The molecule has 2 aliphatic rings. The predicted octanol–water partition coefficient (Wildman–Crippen LogP) is 5.32. The molecule has 1 aliphatic carbocycles. The second-order valence-corrected chi connectivity index (χ2v) is 14.8. The highest BCUT2D eigenvalue weighted by atomic mass is 16.2. The van der Waals surface area contributed by atoms with E-state index in [-0.39, 0.29) is 41.4 Å². The minimum atomic E-state index is -0.877. The Kier molecular flexibility index (Phi) is 13.7. The summed E-state index contributed by atoms with van der Waals surface area (Å²) in [5.41, 5.74) is -0.816. The molecule has 3 amide bonds. The normalized spacial score (nSPS) is 22.7. The van der Waals surface area contributed by atoms with Crippen molar-refractivity contribution in [3.63, 3.8) is 0 Å². The Morgan fingerprint density at radius 3 is 1.88 bits per heavy atom. The van der Waals surface area contributed by atoms with Crippen LogP contribution in [-0.4, -0.2) is 58.9 Å². The molecular weight excluding hydrogens is 518 g/mol. The Hall–Kier alpha value is -2.25. The maximum absolute atomic E-state index is 14.2. The van der Waals surface area contributed by atoms with Gasteiger partial charge >= 0.3 is 0 Å². The number of Topliss-reactive ketones (excluding diaryl/α,β-unsaturated/α-hetero) is 2. The van der Waals surface area contributed by atoms with Gasteiger partial charge in [0.15, 0.2) is 5.78 Å². The molecule has 0 radical (unpaired) electrons. The molecule has 1 aliphatic heterocycles. The van der Waals surface area contributed by atoms with Crippen molar-refractivity contribution in [2.75, 3.05) is 6.54 Å². The zero-order valence-electron chi connectivity index (χ0n) is 28.0. The van der Waals surface area contributed by atoms with E-state index >= 15 is 0 Å². The quantitative estimate of drug-likeness (QED) is 0.323. The van der Waals surface area contributed by atoms with Crippen molar-refractivity contribution in [1.29, 1.82) is 0 Å². The molecular formula is C33H59N3O5. The van der Waals surface area contributed by atoms with Gasteiger partial charge in [0.05, 0.1) is 6.04 Å². The summed E-state index contributed by atoms with van der Waals surface area (Å²) < 4.78 is 0. The number of ketones is 2. The molecule has 2 N–H and O–H groups in total. The van der Waals surface area contributed by atoms with E-state index < -0.39 is 35.1 Å². The van der Waals surface area contributed by atoms with Crippen molar-refractivity contribution < 1.29 is 24.0 Å². The van der Waals surface area contributed by atoms with Crippen LogP contribution < -0.4 is 10.6 Å². The van der Waals surface area contributed by atoms with Gasteiger partial charge in [0, 0.05) is 19.9 Å². The third-order valence-corrected chi connectivity index (χ3v) is 8.14. The van der Waals surface area contributed by atoms with Crippen LogP contribution in [0.3, 0.4) is 0 Å². The summed E-state index contributed by atoms with van der Waals surface area (Å²) in [5, 5.41) is 5.88. The summed E-state index contributed by atoms with van der Waals surface area (Å²) in [7, 11) is 0. The Bertz CT molecular complexity index is 926. The highest BCUT2D eigenvalue weighted by molar-refractivity contribution is 6.38. The van der Waals surface area contributed by atoms with Crippen LogP contribution in [0.4, 0.5) is 0 Å². The molecule has 0 aromatic heterocycles. The lowest BCUT2D eigenvalue weighted by Crippen LogP contribution is -2.60. The largest absolute Gasteiger partial charge is 0.344 e. The fourth-order valence-corrected chi connectivity index (χ4v) is 5.87. The number of hydrogen-bond donors (Lipinski definition) is 2. The van der Waals surface area contributed by atoms with E-state index in [1.807, 2.05) is 55.4 Å². The van der Waals surface area contributed by atoms with Crippen LogP contribution in [0.25, 0.3) is 0 Å². The number of hydrogen-bond acceptors (Lipinski definition) is 5. The summed E-state index contributed by atoms with van der Waals surface area (Å²) in [6.07, 6.45) is 4.53. The number of amides is 3. The van der Waals surface area contributed by atoms with Crippen LogP contribution in [-0.2, 0) is 24.0 Å². The van der Waals surface area contributed by atoms with Crippen molar-refractivity contribution in [2.45, 2.75) is 140 Å². The molecule has 236 valence electrons. The molecule has 2 rings (SSSR count). The standard InChI is InChI=1S/C31H53N3O5.C2H6/c1-18(2)14-22-19(3)17-34(29(39)27(31(8,9)10)33-24(36)16-30(5,6)7)25(22)28(38)32-23(26(37)20(4)35)15-21-12-11-13-21;1-2/h18-19,21-23,25,27H,11-17H2,1-10H3,(H,32,38)(H,33,36);1-2H3. The minimum Gasteiger partial charge on any atom is -0.344 e. The first kappa shape index (κ1) is 36.8. The Labute approximate surface area is 249 Å². The van der Waals surface area contributed by atoms with Crippen molar-refractivity contribution in [1.82, 2.24) is 15.5 Å². The second-order valence-electron chi connectivity index (χ2n) is 14.8. The molecule has 1 saturated carbocycles. The second kappa shape index (κ2) is 15.3. The topological polar surface area (TPSA) is 113 Å². The fraction of sp³-hybridized carbons (Fsp3) is 0.848. The lowest BCUT2D eigenvalue weighted by molar-refractivity contribution is -0.146. The Morgan fingerprint density at radius 2 is 1.46 bits per heavy atom. The zero-order chi connectivity index (χ0) is 31.9. The molecule has 8 nitrogen and oxygen atoms in total. The van der Waals surface area contributed by atoms with Crippen LogP contribution in [0.1, 0.15) is 122 Å². The molecule has 2 fully saturated rings. The summed E-state index contributed by atoms with van der Waals surface area (Å²) in [5.74, 6) is -1.44. The molecule has 0 bridgehead atoms. The van der Waals surface area contributed by atoms with E-state index in [1.165, 1.54) is 6.92 Å². The van der Waals surface area contributed by atoms with Gasteiger partial charge in [0.2, 0.25) is 23.5 Å². The number of rotatable bonds is 11. The summed E-state index contributed by atoms with van der Waals surface area (Å²) in [4.78, 5) is 67.4. The number of nitrogens with one attached hydrogen (secondary N) is 2. The summed E-state index contributed by atoms with van der Waals surface area (Å²) >= 11 is 0. The fourth-order valence-electron chi connectivity index (χ4n) is 5.87. The van der Waals surface area contributed by atoms with Gasteiger partial charge in [-0.05, 0) is 47.3 Å². The van der Waals surface area contributed by atoms with Gasteiger partial charge in [-0.15, -0.1) is 0 Å². The van der Waals surface area contributed by atoms with E-state index in [4.69, 9.17) is 0 Å². The van der Waals surface area contributed by atoms with Gasteiger partial charge < -0.3 is 15.5 Å². The molecule has 1 saturated heterocycles. The first-order valence-electron chi connectivity index (χ1n) is 15.8. The first-order chi connectivity index (χ1) is 18.8. The van der Waals surface area contributed by atoms with Gasteiger partial charge in [-0.1, -0.05) is 95.4 Å². The molecule has 1 heterocycles. The van der Waals surface area contributed by atoms with Crippen LogP contribution in [0.5, 0.6) is 0 Å². The number of carbonyl (C=O) groups excluding carboxylic acids is 5. The third-order valence-electron chi connectivity index (χ3n) is 8.14. The molecule has 8 heteroatoms. The maximum Gasteiger partial charge on any atom is 0.246 e. The SMILES string of the molecule is CC.CC(=O)C(=O)C(CC1CCC1)NC(=O)C1C(CC(C)C)C(C)CN1C(=O)C(NC(=O)CC(C)(C)C)C(C)(C)C. The molecule has 5 atom stereocenters. The molecule has 5 unspecified atom stereocenters. The van der Waals surface area contributed by atoms with Crippen LogP contribution in [0.2, 0.25) is 0 Å². The molecule has 41 heavy (non-hydrogen) atoms. The average molecular weight is 578 g/mol. The Morgan fingerprint density at radius 1 is 0.902 bits per heavy atom. The van der Waals surface area contributed by atoms with E-state index in [0.29, 0.717) is 24.8 Å². The Balaban J connectivity index is 0.00000411. The third kappa shape index (κ3) is 10.8. The summed E-state index contributed by atoms with van der Waals surface area (Å²) in [6.45, 7) is 23.5. The zero-order valence-corrected chi connectivity index (χ0v) is 28.0. The van der Waals surface area contributed by atoms with Gasteiger partial charge in [-0.2, -0.15) is 0 Å².